The van der Waals surface area contributed by atoms with Gasteiger partial charge < -0.3 is 5.73 Å². The Labute approximate surface area is 60.4 Å². The molecule has 1 nitrogen and oxygen atoms in total. The zero-order chi connectivity index (χ0) is 6.27. The molecule has 0 radical (unpaired) electrons. The Morgan fingerprint density at radius 3 is 2.44 bits per heavy atom. The minimum Gasteiger partial charge on any atom is -0.327 e. The second-order valence-electron chi connectivity index (χ2n) is 3.20. The molecule has 2 rings (SSSR count). The van der Waals surface area contributed by atoms with Crippen molar-refractivity contribution < 1.29 is 0 Å². The molecule has 0 amide bonds. The molecule has 1 saturated heterocycles. The second-order valence-corrected chi connectivity index (χ2v) is 4.28. The van der Waals surface area contributed by atoms with Gasteiger partial charge >= 0.3 is 0 Å². The van der Waals surface area contributed by atoms with Crippen molar-refractivity contribution in [3.05, 3.63) is 0 Å². The standard InChI is InChI=1S/C7H13NS/c8-7-4-9-3-6(7)5-1-2-5/h5-7H,1-4,8H2. The van der Waals surface area contributed by atoms with Crippen LogP contribution in [0.1, 0.15) is 12.8 Å². The molecule has 1 aliphatic carbocycles. The van der Waals surface area contributed by atoms with Crippen LogP contribution >= 0.6 is 11.8 Å². The van der Waals surface area contributed by atoms with E-state index in [1.165, 1.54) is 24.3 Å². The monoisotopic (exact) mass is 143 g/mol. The highest BCUT2D eigenvalue weighted by atomic mass is 32.2. The lowest BCUT2D eigenvalue weighted by atomic mass is 9.99. The lowest BCUT2D eigenvalue weighted by Crippen LogP contribution is -2.29. The quantitative estimate of drug-likeness (QED) is 0.594. The average molecular weight is 143 g/mol. The summed E-state index contributed by atoms with van der Waals surface area (Å²) >= 11 is 2.03. The van der Waals surface area contributed by atoms with E-state index in [0.29, 0.717) is 6.04 Å². The van der Waals surface area contributed by atoms with Gasteiger partial charge in [-0.05, 0) is 30.4 Å². The van der Waals surface area contributed by atoms with E-state index in [0.717, 1.165) is 11.8 Å². The van der Waals surface area contributed by atoms with Crippen LogP contribution in [0.15, 0.2) is 0 Å². The fourth-order valence-electron chi connectivity index (χ4n) is 1.60. The second kappa shape index (κ2) is 2.17. The van der Waals surface area contributed by atoms with Crippen LogP contribution in [0.4, 0.5) is 0 Å². The summed E-state index contributed by atoms with van der Waals surface area (Å²) in [6.07, 6.45) is 2.91. The first-order valence-corrected chi connectivity index (χ1v) is 4.87. The maximum absolute atomic E-state index is 5.90. The average Bonchev–Trinajstić information content (AvgIpc) is 2.58. The van der Waals surface area contributed by atoms with Gasteiger partial charge in [-0.3, -0.25) is 0 Å². The third-order valence-electron chi connectivity index (χ3n) is 2.40. The van der Waals surface area contributed by atoms with E-state index in [1.54, 1.807) is 0 Å². The normalized spacial score (nSPS) is 43.7. The molecule has 52 valence electrons. The topological polar surface area (TPSA) is 26.0 Å². The molecule has 0 spiro atoms. The highest BCUT2D eigenvalue weighted by molar-refractivity contribution is 7.99. The zero-order valence-corrected chi connectivity index (χ0v) is 6.36. The van der Waals surface area contributed by atoms with Gasteiger partial charge in [0.25, 0.3) is 0 Å². The first-order valence-electron chi connectivity index (χ1n) is 3.71. The molecule has 9 heavy (non-hydrogen) atoms. The molecular weight excluding hydrogens is 130 g/mol. The fourth-order valence-corrected chi connectivity index (χ4v) is 3.04. The maximum Gasteiger partial charge on any atom is 0.0169 e. The Hall–Kier alpha value is 0.310. The molecule has 0 aromatic carbocycles. The van der Waals surface area contributed by atoms with Crippen LogP contribution in [-0.2, 0) is 0 Å². The lowest BCUT2D eigenvalue weighted by Gasteiger charge is -2.11. The molecule has 2 aliphatic rings. The summed E-state index contributed by atoms with van der Waals surface area (Å²) in [6, 6.07) is 0.530. The van der Waals surface area contributed by atoms with E-state index in [4.69, 9.17) is 5.73 Å². The predicted molar refractivity (Wildman–Crippen MR) is 41.5 cm³/mol. The molecule has 0 aromatic rings. The first kappa shape index (κ1) is 6.05. The number of hydrogen-bond donors (Lipinski definition) is 1. The Balaban J connectivity index is 1.93. The van der Waals surface area contributed by atoms with Crippen molar-refractivity contribution in [1.29, 1.82) is 0 Å². The number of rotatable bonds is 1. The van der Waals surface area contributed by atoms with Crippen LogP contribution in [0, 0.1) is 11.8 Å². The van der Waals surface area contributed by atoms with Gasteiger partial charge in [0.05, 0.1) is 0 Å². The van der Waals surface area contributed by atoms with E-state index in [9.17, 15) is 0 Å². The van der Waals surface area contributed by atoms with Crippen LogP contribution < -0.4 is 5.73 Å². The number of hydrogen-bond acceptors (Lipinski definition) is 2. The Morgan fingerprint density at radius 2 is 2.00 bits per heavy atom. The summed E-state index contributed by atoms with van der Waals surface area (Å²) < 4.78 is 0. The highest BCUT2D eigenvalue weighted by Crippen LogP contribution is 2.42. The van der Waals surface area contributed by atoms with Crippen molar-refractivity contribution in [2.75, 3.05) is 11.5 Å². The minimum atomic E-state index is 0.530. The molecule has 1 saturated carbocycles. The fraction of sp³-hybridized carbons (Fsp3) is 1.00. The summed E-state index contributed by atoms with van der Waals surface area (Å²) in [4.78, 5) is 0. The van der Waals surface area contributed by atoms with Crippen molar-refractivity contribution in [2.24, 2.45) is 17.6 Å². The van der Waals surface area contributed by atoms with Gasteiger partial charge in [0.15, 0.2) is 0 Å². The van der Waals surface area contributed by atoms with Crippen LogP contribution in [0.3, 0.4) is 0 Å². The highest BCUT2D eigenvalue weighted by Gasteiger charge is 2.37. The largest absolute Gasteiger partial charge is 0.327 e. The van der Waals surface area contributed by atoms with Gasteiger partial charge in [-0.25, -0.2) is 0 Å². The number of thioether (sulfide) groups is 1. The van der Waals surface area contributed by atoms with Gasteiger partial charge in [0.2, 0.25) is 0 Å². The Kier molecular flexibility index (Phi) is 1.46. The molecule has 2 unspecified atom stereocenters. The number of nitrogens with two attached hydrogens (primary N) is 1. The summed E-state index contributed by atoms with van der Waals surface area (Å²) in [7, 11) is 0. The minimum absolute atomic E-state index is 0.530. The maximum atomic E-state index is 5.90. The van der Waals surface area contributed by atoms with Crippen LogP contribution in [0.2, 0.25) is 0 Å². The van der Waals surface area contributed by atoms with E-state index in [1.807, 2.05) is 11.8 Å². The zero-order valence-electron chi connectivity index (χ0n) is 5.55. The van der Waals surface area contributed by atoms with Gasteiger partial charge in [0, 0.05) is 11.8 Å². The molecule has 0 aromatic heterocycles. The van der Waals surface area contributed by atoms with Crippen LogP contribution in [0.25, 0.3) is 0 Å². The van der Waals surface area contributed by atoms with Crippen molar-refractivity contribution in [3.63, 3.8) is 0 Å². The smallest absolute Gasteiger partial charge is 0.0169 e. The van der Waals surface area contributed by atoms with Crippen molar-refractivity contribution >= 4 is 11.8 Å². The van der Waals surface area contributed by atoms with Gasteiger partial charge in [0.1, 0.15) is 0 Å². The molecule has 1 heterocycles. The van der Waals surface area contributed by atoms with E-state index >= 15 is 0 Å². The van der Waals surface area contributed by atoms with Crippen LogP contribution in [0.5, 0.6) is 0 Å². The summed E-state index contributed by atoms with van der Waals surface area (Å²) in [6.45, 7) is 0. The third-order valence-corrected chi connectivity index (χ3v) is 3.64. The van der Waals surface area contributed by atoms with Gasteiger partial charge in [-0.1, -0.05) is 0 Å². The third kappa shape index (κ3) is 1.10. The summed E-state index contributed by atoms with van der Waals surface area (Å²) in [5, 5.41) is 0. The van der Waals surface area contributed by atoms with E-state index in [-0.39, 0.29) is 0 Å². The predicted octanol–water partition coefficient (Wildman–Crippen LogP) is 1.09. The molecule has 2 atom stereocenters. The van der Waals surface area contributed by atoms with Crippen molar-refractivity contribution in [3.8, 4) is 0 Å². The van der Waals surface area contributed by atoms with Crippen molar-refractivity contribution in [1.82, 2.24) is 0 Å². The molecule has 2 heteroatoms. The Morgan fingerprint density at radius 1 is 1.22 bits per heavy atom. The lowest BCUT2D eigenvalue weighted by molar-refractivity contribution is 0.459. The van der Waals surface area contributed by atoms with Crippen LogP contribution in [-0.4, -0.2) is 17.5 Å². The molecular formula is C7H13NS. The van der Waals surface area contributed by atoms with Crippen molar-refractivity contribution in [2.45, 2.75) is 18.9 Å². The summed E-state index contributed by atoms with van der Waals surface area (Å²) in [5.41, 5.74) is 5.90. The molecule has 0 bridgehead atoms. The molecule has 2 N–H and O–H groups in total. The van der Waals surface area contributed by atoms with E-state index in [2.05, 4.69) is 0 Å². The molecule has 1 aliphatic heterocycles. The van der Waals surface area contributed by atoms with E-state index < -0.39 is 0 Å². The van der Waals surface area contributed by atoms with Gasteiger partial charge in [-0.2, -0.15) is 11.8 Å². The molecule has 2 fully saturated rings. The van der Waals surface area contributed by atoms with Gasteiger partial charge in [-0.15, -0.1) is 0 Å². The Bertz CT molecular complexity index is 111. The first-order chi connectivity index (χ1) is 4.38. The summed E-state index contributed by atoms with van der Waals surface area (Å²) in [5.74, 6) is 4.46. The SMILES string of the molecule is NC1CSCC1C1CC1.